The molecular formula is C8H5BrN2. The van der Waals surface area contributed by atoms with Gasteiger partial charge in [0.05, 0.1) is 6.07 Å². The lowest BCUT2D eigenvalue weighted by Crippen LogP contribution is -1.77. The van der Waals surface area contributed by atoms with Gasteiger partial charge in [0, 0.05) is 17.8 Å². The first kappa shape index (κ1) is 7.96. The normalized spacial score (nSPS) is 9.82. The maximum atomic E-state index is 8.25. The van der Waals surface area contributed by atoms with Gasteiger partial charge in [-0.25, -0.2) is 4.98 Å². The molecule has 0 radical (unpaired) electrons. The highest BCUT2D eigenvalue weighted by atomic mass is 79.9. The van der Waals surface area contributed by atoms with Crippen LogP contribution in [0.2, 0.25) is 0 Å². The summed E-state index contributed by atoms with van der Waals surface area (Å²) in [6.45, 7) is 0. The van der Waals surface area contributed by atoms with Crippen LogP contribution in [-0.4, -0.2) is 4.98 Å². The number of allylic oxidation sites excluding steroid dienone is 1. The van der Waals surface area contributed by atoms with Gasteiger partial charge in [-0.15, -0.1) is 0 Å². The van der Waals surface area contributed by atoms with Crippen LogP contribution in [0, 0.1) is 11.3 Å². The van der Waals surface area contributed by atoms with E-state index in [-0.39, 0.29) is 0 Å². The average molecular weight is 209 g/mol. The molecule has 0 bridgehead atoms. The summed E-state index contributed by atoms with van der Waals surface area (Å²) in [5.74, 6) is 0. The fourth-order valence-electron chi connectivity index (χ4n) is 0.650. The molecule has 11 heavy (non-hydrogen) atoms. The molecule has 1 aromatic heterocycles. The summed E-state index contributed by atoms with van der Waals surface area (Å²) in [6, 6.07) is 5.62. The van der Waals surface area contributed by atoms with Gasteiger partial charge < -0.3 is 0 Å². The second-order valence-electron chi connectivity index (χ2n) is 1.85. The summed E-state index contributed by atoms with van der Waals surface area (Å²) < 4.78 is 0.756. The van der Waals surface area contributed by atoms with Crippen molar-refractivity contribution in [2.45, 2.75) is 0 Å². The van der Waals surface area contributed by atoms with Crippen LogP contribution in [0.25, 0.3) is 6.08 Å². The molecule has 1 rings (SSSR count). The highest BCUT2D eigenvalue weighted by Gasteiger charge is 1.92. The maximum absolute atomic E-state index is 8.25. The van der Waals surface area contributed by atoms with Crippen molar-refractivity contribution in [2.75, 3.05) is 0 Å². The van der Waals surface area contributed by atoms with E-state index in [4.69, 9.17) is 5.26 Å². The molecule has 2 nitrogen and oxygen atoms in total. The van der Waals surface area contributed by atoms with Gasteiger partial charge in [-0.1, -0.05) is 6.07 Å². The third-order valence-electron chi connectivity index (χ3n) is 1.13. The van der Waals surface area contributed by atoms with E-state index in [1.807, 2.05) is 18.2 Å². The largest absolute Gasteiger partial charge is 0.249 e. The Balaban J connectivity index is 2.97. The van der Waals surface area contributed by atoms with Crippen LogP contribution in [-0.2, 0) is 0 Å². The van der Waals surface area contributed by atoms with E-state index >= 15 is 0 Å². The zero-order chi connectivity index (χ0) is 8.10. The summed E-state index contributed by atoms with van der Waals surface area (Å²) >= 11 is 3.25. The molecule has 0 spiro atoms. The Morgan fingerprint density at radius 2 is 2.45 bits per heavy atom. The number of halogens is 1. The molecule has 0 atom stereocenters. The van der Waals surface area contributed by atoms with Gasteiger partial charge in [0.25, 0.3) is 0 Å². The van der Waals surface area contributed by atoms with Crippen molar-refractivity contribution in [2.24, 2.45) is 0 Å². The molecule has 0 aromatic carbocycles. The van der Waals surface area contributed by atoms with Crippen molar-refractivity contribution in [3.63, 3.8) is 0 Å². The predicted octanol–water partition coefficient (Wildman–Crippen LogP) is 2.38. The minimum Gasteiger partial charge on any atom is -0.249 e. The van der Waals surface area contributed by atoms with E-state index in [0.717, 1.165) is 10.2 Å². The Morgan fingerprint density at radius 3 is 3.09 bits per heavy atom. The molecule has 3 heteroatoms. The minimum atomic E-state index is 0.756. The minimum absolute atomic E-state index is 0.756. The first-order valence-electron chi connectivity index (χ1n) is 3.01. The van der Waals surface area contributed by atoms with E-state index in [0.29, 0.717) is 0 Å². The van der Waals surface area contributed by atoms with Crippen LogP contribution in [0.1, 0.15) is 5.56 Å². The van der Waals surface area contributed by atoms with E-state index in [2.05, 4.69) is 20.9 Å². The van der Waals surface area contributed by atoms with Crippen molar-refractivity contribution in [1.29, 1.82) is 5.26 Å². The summed E-state index contributed by atoms with van der Waals surface area (Å²) in [5, 5.41) is 8.25. The summed E-state index contributed by atoms with van der Waals surface area (Å²) in [6.07, 6.45) is 4.81. The molecule has 0 aliphatic heterocycles. The van der Waals surface area contributed by atoms with Crippen molar-refractivity contribution in [3.05, 3.63) is 34.6 Å². The number of nitrogens with zero attached hydrogens (tertiary/aromatic N) is 2. The molecule has 54 valence electrons. The molecule has 0 amide bonds. The van der Waals surface area contributed by atoms with E-state index in [9.17, 15) is 0 Å². The molecular weight excluding hydrogens is 204 g/mol. The van der Waals surface area contributed by atoms with Crippen molar-refractivity contribution in [3.8, 4) is 6.07 Å². The molecule has 0 aliphatic carbocycles. The standard InChI is InChI=1S/C8H5BrN2/c9-8-7(3-1-5-10)4-2-6-11-8/h1-4,6H. The van der Waals surface area contributed by atoms with Gasteiger partial charge in [0.15, 0.2) is 0 Å². The first-order valence-corrected chi connectivity index (χ1v) is 3.80. The molecule has 1 aromatic rings. The highest BCUT2D eigenvalue weighted by Crippen LogP contribution is 2.13. The SMILES string of the molecule is N#CC=Cc1cccnc1Br. The second kappa shape index (κ2) is 3.89. The molecule has 1 heterocycles. The van der Waals surface area contributed by atoms with Crippen LogP contribution in [0.5, 0.6) is 0 Å². The lowest BCUT2D eigenvalue weighted by Gasteiger charge is -1.92. The Hall–Kier alpha value is -1.14. The van der Waals surface area contributed by atoms with Gasteiger partial charge in [-0.3, -0.25) is 0 Å². The van der Waals surface area contributed by atoms with Gasteiger partial charge in [-0.2, -0.15) is 5.26 Å². The van der Waals surface area contributed by atoms with Crippen LogP contribution < -0.4 is 0 Å². The number of pyridine rings is 1. The fourth-order valence-corrected chi connectivity index (χ4v) is 1.03. The molecule has 0 aliphatic rings. The van der Waals surface area contributed by atoms with Gasteiger partial charge in [0.1, 0.15) is 4.60 Å². The Kier molecular flexibility index (Phi) is 2.82. The number of nitriles is 1. The van der Waals surface area contributed by atoms with Crippen LogP contribution in [0.4, 0.5) is 0 Å². The lowest BCUT2D eigenvalue weighted by atomic mass is 10.3. The van der Waals surface area contributed by atoms with Crippen LogP contribution in [0.15, 0.2) is 29.0 Å². The zero-order valence-corrected chi connectivity index (χ0v) is 7.25. The Morgan fingerprint density at radius 1 is 1.64 bits per heavy atom. The van der Waals surface area contributed by atoms with Crippen molar-refractivity contribution in [1.82, 2.24) is 4.98 Å². The summed E-state index contributed by atoms with van der Waals surface area (Å²) in [4.78, 5) is 3.99. The van der Waals surface area contributed by atoms with Gasteiger partial charge in [0.2, 0.25) is 0 Å². The second-order valence-corrected chi connectivity index (χ2v) is 2.60. The molecule has 0 N–H and O–H groups in total. The fraction of sp³-hybridized carbons (Fsp3) is 0. The topological polar surface area (TPSA) is 36.7 Å². The van der Waals surface area contributed by atoms with Gasteiger partial charge in [-0.05, 0) is 28.1 Å². The molecule has 0 saturated heterocycles. The smallest absolute Gasteiger partial charge is 0.113 e. The van der Waals surface area contributed by atoms with Crippen molar-refractivity contribution < 1.29 is 0 Å². The quantitative estimate of drug-likeness (QED) is 0.525. The number of rotatable bonds is 1. The summed E-state index contributed by atoms with van der Waals surface area (Å²) in [7, 11) is 0. The maximum Gasteiger partial charge on any atom is 0.113 e. The monoisotopic (exact) mass is 208 g/mol. The Bertz CT molecular complexity index is 312. The van der Waals surface area contributed by atoms with E-state index in [1.165, 1.54) is 6.08 Å². The number of hydrogen-bond donors (Lipinski definition) is 0. The number of aromatic nitrogens is 1. The highest BCUT2D eigenvalue weighted by molar-refractivity contribution is 9.10. The molecule has 0 fully saturated rings. The third-order valence-corrected chi connectivity index (χ3v) is 1.79. The van der Waals surface area contributed by atoms with Crippen molar-refractivity contribution >= 4 is 22.0 Å². The third kappa shape index (κ3) is 2.17. The molecule has 0 unspecified atom stereocenters. The average Bonchev–Trinajstić information content (AvgIpc) is 2.03. The van der Waals surface area contributed by atoms with Crippen LogP contribution >= 0.6 is 15.9 Å². The molecule has 0 saturated carbocycles. The zero-order valence-electron chi connectivity index (χ0n) is 5.66. The lowest BCUT2D eigenvalue weighted by molar-refractivity contribution is 1.26. The first-order chi connectivity index (χ1) is 5.34. The van der Waals surface area contributed by atoms with E-state index in [1.54, 1.807) is 12.3 Å². The van der Waals surface area contributed by atoms with Crippen LogP contribution in [0.3, 0.4) is 0 Å². The number of hydrogen-bond acceptors (Lipinski definition) is 2. The predicted molar refractivity (Wildman–Crippen MR) is 46.6 cm³/mol. The van der Waals surface area contributed by atoms with E-state index < -0.39 is 0 Å². The Labute approximate surface area is 73.3 Å². The van der Waals surface area contributed by atoms with Gasteiger partial charge >= 0.3 is 0 Å². The summed E-state index contributed by atoms with van der Waals surface area (Å²) in [5.41, 5.74) is 0.911.